The van der Waals surface area contributed by atoms with Crippen molar-refractivity contribution >= 4 is 11.5 Å². The summed E-state index contributed by atoms with van der Waals surface area (Å²) in [5.41, 5.74) is 1.71. The van der Waals surface area contributed by atoms with Gasteiger partial charge in [0.2, 0.25) is 0 Å². The molecule has 0 atom stereocenters. The molecule has 0 unspecified atom stereocenters. The van der Waals surface area contributed by atoms with Gasteiger partial charge in [0.05, 0.1) is 12.8 Å². The van der Waals surface area contributed by atoms with E-state index in [1.807, 2.05) is 18.2 Å². The topological polar surface area (TPSA) is 84.6 Å². The zero-order chi connectivity index (χ0) is 16.5. The number of hydrogen-bond acceptors (Lipinski definition) is 8. The Morgan fingerprint density at radius 1 is 1.29 bits per heavy atom. The van der Waals surface area contributed by atoms with E-state index in [9.17, 15) is 0 Å². The Hall–Kier alpha value is -2.81. The highest BCUT2D eigenvalue weighted by Crippen LogP contribution is 2.22. The summed E-state index contributed by atoms with van der Waals surface area (Å²) in [5, 5.41) is 12.3. The summed E-state index contributed by atoms with van der Waals surface area (Å²) in [6.45, 7) is 2.62. The van der Waals surface area contributed by atoms with Crippen LogP contribution in [0.1, 0.15) is 5.69 Å². The van der Waals surface area contributed by atoms with Gasteiger partial charge in [-0.05, 0) is 25.2 Å². The van der Waals surface area contributed by atoms with Crippen LogP contribution >= 0.6 is 0 Å². The molecule has 9 heteroatoms. The number of aromatic nitrogens is 6. The van der Waals surface area contributed by atoms with E-state index < -0.39 is 0 Å². The maximum atomic E-state index is 5.07. The van der Waals surface area contributed by atoms with Crippen molar-refractivity contribution in [3.05, 3.63) is 36.4 Å². The number of ether oxygens (including phenoxy) is 1. The lowest BCUT2D eigenvalue weighted by molar-refractivity contribution is 0.194. The molecule has 0 aromatic carbocycles. The zero-order valence-electron chi connectivity index (χ0n) is 13.6. The Labute approximate surface area is 138 Å². The van der Waals surface area contributed by atoms with E-state index in [0.717, 1.165) is 36.8 Å². The van der Waals surface area contributed by atoms with Crippen LogP contribution in [0, 0.1) is 0 Å². The molecule has 0 saturated carbocycles. The van der Waals surface area contributed by atoms with Gasteiger partial charge in [-0.1, -0.05) is 0 Å². The Morgan fingerprint density at radius 3 is 3.00 bits per heavy atom. The summed E-state index contributed by atoms with van der Waals surface area (Å²) >= 11 is 0. The van der Waals surface area contributed by atoms with Gasteiger partial charge in [-0.15, -0.1) is 15.3 Å². The molecule has 4 rings (SSSR count). The van der Waals surface area contributed by atoms with Gasteiger partial charge in [-0.2, -0.15) is 9.50 Å². The first kappa shape index (κ1) is 14.8. The average Bonchev–Trinajstić information content (AvgIpc) is 3.01. The average molecular weight is 326 g/mol. The minimum Gasteiger partial charge on any atom is -0.467 e. The molecule has 124 valence electrons. The Bertz CT molecular complexity index is 844. The van der Waals surface area contributed by atoms with Crippen molar-refractivity contribution in [2.24, 2.45) is 0 Å². The molecule has 0 bridgehead atoms. The molecule has 0 aliphatic carbocycles. The Kier molecular flexibility index (Phi) is 3.69. The zero-order valence-corrected chi connectivity index (χ0v) is 13.6. The highest BCUT2D eigenvalue weighted by atomic mass is 16.5. The first-order valence-corrected chi connectivity index (χ1v) is 7.71. The predicted octanol–water partition coefficient (Wildman–Crippen LogP) is 0.243. The van der Waals surface area contributed by atoms with Crippen LogP contribution in [0.5, 0.6) is 6.01 Å². The lowest BCUT2D eigenvalue weighted by atomic mass is 10.1. The molecule has 3 aromatic rings. The molecular weight excluding hydrogens is 308 g/mol. The molecule has 0 spiro atoms. The van der Waals surface area contributed by atoms with Crippen LogP contribution in [0.3, 0.4) is 0 Å². The molecule has 1 fully saturated rings. The molecule has 1 aliphatic rings. The van der Waals surface area contributed by atoms with Crippen molar-refractivity contribution in [1.82, 2.24) is 34.7 Å². The van der Waals surface area contributed by atoms with Crippen molar-refractivity contribution in [2.75, 3.05) is 32.1 Å². The number of rotatable bonds is 5. The third-order valence-corrected chi connectivity index (χ3v) is 4.24. The fourth-order valence-corrected chi connectivity index (χ4v) is 2.76. The molecule has 9 nitrogen and oxygen atoms in total. The first-order chi connectivity index (χ1) is 11.7. The Morgan fingerprint density at radius 2 is 2.17 bits per heavy atom. The van der Waals surface area contributed by atoms with E-state index >= 15 is 0 Å². The maximum Gasteiger partial charge on any atom is 0.316 e. The van der Waals surface area contributed by atoms with E-state index in [1.54, 1.807) is 24.1 Å². The number of methoxy groups -OCH3 is 1. The monoisotopic (exact) mass is 326 g/mol. The van der Waals surface area contributed by atoms with Gasteiger partial charge < -0.3 is 9.64 Å². The number of nitrogens with zero attached hydrogens (tertiary/aromatic N) is 8. The number of fused-ring (bicyclic) bond motifs is 1. The summed E-state index contributed by atoms with van der Waals surface area (Å²) < 4.78 is 6.76. The van der Waals surface area contributed by atoms with E-state index in [1.165, 1.54) is 0 Å². The highest BCUT2D eigenvalue weighted by Gasteiger charge is 2.31. The van der Waals surface area contributed by atoms with E-state index in [-0.39, 0.29) is 0 Å². The van der Waals surface area contributed by atoms with Crippen molar-refractivity contribution in [1.29, 1.82) is 0 Å². The molecule has 0 N–H and O–H groups in total. The SMILES string of the molecule is COc1nccc(CN(C)C2CN(c3ccc4nncn4n3)C2)n1. The quantitative estimate of drug-likeness (QED) is 0.659. The number of likely N-dealkylation sites (N-methyl/N-ethyl adjacent to an activating group) is 1. The highest BCUT2D eigenvalue weighted by molar-refractivity contribution is 5.47. The van der Waals surface area contributed by atoms with Gasteiger partial charge >= 0.3 is 6.01 Å². The number of anilines is 1. The minimum absolute atomic E-state index is 0.405. The molecule has 1 saturated heterocycles. The van der Waals surface area contributed by atoms with Crippen molar-refractivity contribution in [3.8, 4) is 6.01 Å². The summed E-state index contributed by atoms with van der Waals surface area (Å²) in [4.78, 5) is 12.9. The lowest BCUT2D eigenvalue weighted by Crippen LogP contribution is -2.58. The molecule has 3 aromatic heterocycles. The van der Waals surface area contributed by atoms with Gasteiger partial charge in [0.25, 0.3) is 0 Å². The second kappa shape index (κ2) is 6.00. The van der Waals surface area contributed by atoms with Crippen LogP contribution < -0.4 is 9.64 Å². The van der Waals surface area contributed by atoms with E-state index in [2.05, 4.69) is 42.1 Å². The van der Waals surface area contributed by atoms with Crippen LogP contribution in [0.4, 0.5) is 5.82 Å². The standard InChI is InChI=1S/C15H18N8O/c1-21(7-11-5-6-16-15(18-11)24-2)12-8-22(9-12)14-4-3-13-19-17-10-23(13)20-14/h3-6,10,12H,7-9H2,1-2H3. The molecule has 24 heavy (non-hydrogen) atoms. The minimum atomic E-state index is 0.405. The van der Waals surface area contributed by atoms with Crippen molar-refractivity contribution in [3.63, 3.8) is 0 Å². The second-order valence-electron chi connectivity index (χ2n) is 5.83. The Balaban J connectivity index is 1.37. The van der Waals surface area contributed by atoms with Crippen LogP contribution in [0.2, 0.25) is 0 Å². The molecule has 4 heterocycles. The summed E-state index contributed by atoms with van der Waals surface area (Å²) in [6, 6.07) is 6.69. The van der Waals surface area contributed by atoms with Crippen LogP contribution in [0.15, 0.2) is 30.7 Å². The van der Waals surface area contributed by atoms with Gasteiger partial charge in [0, 0.05) is 31.9 Å². The largest absolute Gasteiger partial charge is 0.467 e. The smallest absolute Gasteiger partial charge is 0.316 e. The van der Waals surface area contributed by atoms with Crippen LogP contribution in [0.25, 0.3) is 5.65 Å². The molecular formula is C15H18N8O. The lowest BCUT2D eigenvalue weighted by Gasteiger charge is -2.44. The third kappa shape index (κ3) is 2.73. The second-order valence-corrected chi connectivity index (χ2v) is 5.83. The third-order valence-electron chi connectivity index (χ3n) is 4.24. The predicted molar refractivity (Wildman–Crippen MR) is 86.8 cm³/mol. The maximum absolute atomic E-state index is 5.07. The van der Waals surface area contributed by atoms with E-state index in [4.69, 9.17) is 4.74 Å². The van der Waals surface area contributed by atoms with E-state index in [0.29, 0.717) is 12.1 Å². The van der Waals surface area contributed by atoms with Gasteiger partial charge in [-0.25, -0.2) is 4.98 Å². The molecule has 0 radical (unpaired) electrons. The van der Waals surface area contributed by atoms with Crippen molar-refractivity contribution in [2.45, 2.75) is 12.6 Å². The van der Waals surface area contributed by atoms with Gasteiger partial charge in [-0.3, -0.25) is 4.90 Å². The normalized spacial score (nSPS) is 15.0. The van der Waals surface area contributed by atoms with Gasteiger partial charge in [0.1, 0.15) is 12.1 Å². The fraction of sp³-hybridized carbons (Fsp3) is 0.400. The first-order valence-electron chi connectivity index (χ1n) is 7.71. The number of hydrogen-bond donors (Lipinski definition) is 0. The summed E-state index contributed by atoms with van der Waals surface area (Å²) in [6.07, 6.45) is 3.34. The van der Waals surface area contributed by atoms with Gasteiger partial charge in [0.15, 0.2) is 5.65 Å². The molecule has 1 aliphatic heterocycles. The van der Waals surface area contributed by atoms with Crippen molar-refractivity contribution < 1.29 is 4.74 Å². The van der Waals surface area contributed by atoms with Crippen LogP contribution in [-0.2, 0) is 6.54 Å². The summed E-state index contributed by atoms with van der Waals surface area (Å²) in [5.74, 6) is 0.940. The fourth-order valence-electron chi connectivity index (χ4n) is 2.76. The molecule has 0 amide bonds. The summed E-state index contributed by atoms with van der Waals surface area (Å²) in [7, 11) is 3.68. The van der Waals surface area contributed by atoms with Crippen LogP contribution in [-0.4, -0.2) is 68.0 Å².